The highest BCUT2D eigenvalue weighted by Gasteiger charge is 2.11. The van der Waals surface area contributed by atoms with E-state index in [2.05, 4.69) is 24.1 Å². The Balaban J connectivity index is 2.15. The van der Waals surface area contributed by atoms with E-state index in [1.807, 2.05) is 11.8 Å². The van der Waals surface area contributed by atoms with Crippen molar-refractivity contribution >= 4 is 34.8 Å². The van der Waals surface area contributed by atoms with Crippen LogP contribution in [0.4, 0.5) is 6.01 Å². The molecule has 0 bridgehead atoms. The third kappa shape index (κ3) is 3.41. The van der Waals surface area contributed by atoms with Gasteiger partial charge in [0.15, 0.2) is 5.58 Å². The second-order valence-electron chi connectivity index (χ2n) is 4.21. The van der Waals surface area contributed by atoms with E-state index in [4.69, 9.17) is 9.52 Å². The molecule has 1 atom stereocenters. The Morgan fingerprint density at radius 3 is 3.05 bits per heavy atom. The lowest BCUT2D eigenvalue weighted by molar-refractivity contribution is 0.0697. The van der Waals surface area contributed by atoms with Crippen molar-refractivity contribution in [1.82, 2.24) is 4.98 Å². The first-order valence-corrected chi connectivity index (χ1v) is 7.23. The summed E-state index contributed by atoms with van der Waals surface area (Å²) in [5.41, 5.74) is 1.34. The topological polar surface area (TPSA) is 75.4 Å². The van der Waals surface area contributed by atoms with E-state index >= 15 is 0 Å². The first-order valence-electron chi connectivity index (χ1n) is 6.08. The molecular weight excluding hydrogens is 264 g/mol. The molecule has 0 fully saturated rings. The van der Waals surface area contributed by atoms with Gasteiger partial charge in [0.1, 0.15) is 5.52 Å². The van der Waals surface area contributed by atoms with Crippen LogP contribution in [0.25, 0.3) is 11.1 Å². The van der Waals surface area contributed by atoms with Gasteiger partial charge in [-0.2, -0.15) is 16.7 Å². The normalized spacial score (nSPS) is 12.5. The second kappa shape index (κ2) is 5.97. The number of carbonyl (C=O) groups is 1. The van der Waals surface area contributed by atoms with Crippen molar-refractivity contribution in [3.63, 3.8) is 0 Å². The Morgan fingerprint density at radius 1 is 1.58 bits per heavy atom. The van der Waals surface area contributed by atoms with Crippen LogP contribution in [0.2, 0.25) is 0 Å². The highest BCUT2D eigenvalue weighted by atomic mass is 32.2. The van der Waals surface area contributed by atoms with Crippen molar-refractivity contribution in [2.24, 2.45) is 0 Å². The summed E-state index contributed by atoms with van der Waals surface area (Å²) in [5.74, 6) is 1.07. The first-order chi connectivity index (χ1) is 9.10. The largest absolute Gasteiger partial charge is 0.478 e. The summed E-state index contributed by atoms with van der Waals surface area (Å²) in [5, 5.41) is 12.1. The summed E-state index contributed by atoms with van der Waals surface area (Å²) >= 11 is 1.84. The van der Waals surface area contributed by atoms with Gasteiger partial charge in [-0.05, 0) is 30.9 Å². The van der Waals surface area contributed by atoms with Crippen LogP contribution in [0, 0.1) is 0 Å². The van der Waals surface area contributed by atoms with Gasteiger partial charge < -0.3 is 14.8 Å². The van der Waals surface area contributed by atoms with Crippen LogP contribution in [-0.2, 0) is 0 Å². The molecule has 0 aliphatic heterocycles. The molecule has 1 aromatic carbocycles. The van der Waals surface area contributed by atoms with E-state index in [0.717, 1.165) is 11.5 Å². The molecule has 1 aromatic heterocycles. The van der Waals surface area contributed by atoms with Gasteiger partial charge in [0.25, 0.3) is 6.01 Å². The van der Waals surface area contributed by atoms with Gasteiger partial charge in [0, 0.05) is 11.8 Å². The number of oxazole rings is 1. The number of fused-ring (bicyclic) bond motifs is 1. The zero-order chi connectivity index (χ0) is 13.8. The van der Waals surface area contributed by atoms with E-state index in [1.165, 1.54) is 12.1 Å². The number of anilines is 1. The number of nitrogens with one attached hydrogen (secondary N) is 1. The molecule has 1 heterocycles. The van der Waals surface area contributed by atoms with Crippen molar-refractivity contribution < 1.29 is 14.3 Å². The van der Waals surface area contributed by atoms with Gasteiger partial charge in [-0.1, -0.05) is 6.92 Å². The molecule has 19 heavy (non-hydrogen) atoms. The van der Waals surface area contributed by atoms with Crippen LogP contribution in [0.15, 0.2) is 22.6 Å². The average Bonchev–Trinajstić information content (AvgIpc) is 2.77. The van der Waals surface area contributed by atoms with Crippen LogP contribution in [0.5, 0.6) is 0 Å². The summed E-state index contributed by atoms with van der Waals surface area (Å²) in [6.45, 7) is 4.17. The number of aromatic carboxylic acids is 1. The van der Waals surface area contributed by atoms with Gasteiger partial charge in [0.2, 0.25) is 0 Å². The zero-order valence-corrected chi connectivity index (χ0v) is 11.7. The summed E-state index contributed by atoms with van der Waals surface area (Å²) in [4.78, 5) is 15.1. The SMILES string of the molecule is CCSCC(C)Nc1nc2ccc(C(=O)O)cc2o1. The Hall–Kier alpha value is -1.69. The minimum Gasteiger partial charge on any atom is -0.478 e. The van der Waals surface area contributed by atoms with Gasteiger partial charge >= 0.3 is 5.97 Å². The maximum absolute atomic E-state index is 10.9. The van der Waals surface area contributed by atoms with Crippen molar-refractivity contribution in [3.8, 4) is 0 Å². The number of benzene rings is 1. The predicted molar refractivity (Wildman–Crippen MR) is 77.1 cm³/mol. The molecule has 0 spiro atoms. The Kier molecular flexibility index (Phi) is 4.31. The quantitative estimate of drug-likeness (QED) is 0.847. The highest BCUT2D eigenvalue weighted by molar-refractivity contribution is 7.99. The lowest BCUT2D eigenvalue weighted by atomic mass is 10.2. The number of nitrogens with zero attached hydrogens (tertiary/aromatic N) is 1. The van der Waals surface area contributed by atoms with E-state index < -0.39 is 5.97 Å². The second-order valence-corrected chi connectivity index (χ2v) is 5.53. The molecule has 0 aliphatic carbocycles. The van der Waals surface area contributed by atoms with E-state index in [9.17, 15) is 4.79 Å². The number of carboxylic acid groups (broad SMARTS) is 1. The maximum atomic E-state index is 10.9. The molecule has 6 heteroatoms. The van der Waals surface area contributed by atoms with Gasteiger partial charge in [0.05, 0.1) is 5.56 Å². The van der Waals surface area contributed by atoms with E-state index in [-0.39, 0.29) is 11.6 Å². The summed E-state index contributed by atoms with van der Waals surface area (Å²) in [6, 6.07) is 5.34. The Labute approximate surface area is 115 Å². The fourth-order valence-corrected chi connectivity index (χ4v) is 2.34. The number of rotatable bonds is 6. The first kappa shape index (κ1) is 13.7. The predicted octanol–water partition coefficient (Wildman–Crippen LogP) is 3.08. The van der Waals surface area contributed by atoms with Gasteiger partial charge in [-0.15, -0.1) is 0 Å². The standard InChI is InChI=1S/C13H16N2O3S/c1-3-19-7-8(2)14-13-15-10-5-4-9(12(16)17)6-11(10)18-13/h4-6,8H,3,7H2,1-2H3,(H,14,15)(H,16,17). The van der Waals surface area contributed by atoms with Crippen molar-refractivity contribution in [1.29, 1.82) is 0 Å². The number of hydrogen-bond donors (Lipinski definition) is 2. The van der Waals surface area contributed by atoms with Crippen molar-refractivity contribution in [2.75, 3.05) is 16.8 Å². The third-order valence-electron chi connectivity index (χ3n) is 2.58. The fraction of sp³-hybridized carbons (Fsp3) is 0.385. The van der Waals surface area contributed by atoms with Crippen LogP contribution >= 0.6 is 11.8 Å². The highest BCUT2D eigenvalue weighted by Crippen LogP contribution is 2.21. The molecule has 2 aromatic rings. The monoisotopic (exact) mass is 280 g/mol. The molecule has 0 aliphatic rings. The Morgan fingerprint density at radius 2 is 2.37 bits per heavy atom. The fourth-order valence-electron chi connectivity index (χ4n) is 1.67. The third-order valence-corrected chi connectivity index (χ3v) is 3.72. The molecule has 0 saturated carbocycles. The number of carboxylic acids is 1. The van der Waals surface area contributed by atoms with Gasteiger partial charge in [-0.25, -0.2) is 4.79 Å². The minimum absolute atomic E-state index is 0.199. The van der Waals surface area contributed by atoms with E-state index in [1.54, 1.807) is 6.07 Å². The molecule has 0 amide bonds. The van der Waals surface area contributed by atoms with Crippen LogP contribution < -0.4 is 5.32 Å². The van der Waals surface area contributed by atoms with Crippen molar-refractivity contribution in [3.05, 3.63) is 23.8 Å². The van der Waals surface area contributed by atoms with Crippen LogP contribution in [0.3, 0.4) is 0 Å². The summed E-state index contributed by atoms with van der Waals surface area (Å²) < 4.78 is 5.51. The number of aromatic nitrogens is 1. The van der Waals surface area contributed by atoms with Gasteiger partial charge in [-0.3, -0.25) is 0 Å². The molecule has 5 nitrogen and oxygen atoms in total. The molecule has 2 N–H and O–H groups in total. The van der Waals surface area contributed by atoms with Crippen LogP contribution in [-0.4, -0.2) is 33.6 Å². The lowest BCUT2D eigenvalue weighted by Gasteiger charge is -2.10. The van der Waals surface area contributed by atoms with Crippen LogP contribution in [0.1, 0.15) is 24.2 Å². The molecule has 0 saturated heterocycles. The smallest absolute Gasteiger partial charge is 0.335 e. The molecule has 1 unspecified atom stereocenters. The van der Waals surface area contributed by atoms with E-state index in [0.29, 0.717) is 17.1 Å². The Bertz CT molecular complexity index is 582. The summed E-state index contributed by atoms with van der Waals surface area (Å²) in [7, 11) is 0. The maximum Gasteiger partial charge on any atom is 0.335 e. The number of thioether (sulfide) groups is 1. The van der Waals surface area contributed by atoms with Crippen molar-refractivity contribution in [2.45, 2.75) is 19.9 Å². The summed E-state index contributed by atoms with van der Waals surface area (Å²) in [6.07, 6.45) is 0. The molecule has 0 radical (unpaired) electrons. The lowest BCUT2D eigenvalue weighted by Crippen LogP contribution is -2.18. The zero-order valence-electron chi connectivity index (χ0n) is 10.8. The molecule has 102 valence electrons. The number of hydrogen-bond acceptors (Lipinski definition) is 5. The molecular formula is C13H16N2O3S. The average molecular weight is 280 g/mol. The molecule has 2 rings (SSSR count). The minimum atomic E-state index is -0.972.